The summed E-state index contributed by atoms with van der Waals surface area (Å²) in [5, 5.41) is 12.1. The van der Waals surface area contributed by atoms with E-state index in [2.05, 4.69) is 25.2 Å². The Hall–Kier alpha value is -1.73. The summed E-state index contributed by atoms with van der Waals surface area (Å²) in [4.78, 5) is 0. The van der Waals surface area contributed by atoms with Crippen LogP contribution in [0.2, 0.25) is 0 Å². The van der Waals surface area contributed by atoms with Crippen molar-refractivity contribution in [2.24, 2.45) is 5.41 Å². The van der Waals surface area contributed by atoms with Gasteiger partial charge >= 0.3 is 0 Å². The van der Waals surface area contributed by atoms with E-state index in [0.29, 0.717) is 6.42 Å². The Morgan fingerprint density at radius 2 is 1.90 bits per heavy atom. The summed E-state index contributed by atoms with van der Waals surface area (Å²) in [7, 11) is 3.27. The summed E-state index contributed by atoms with van der Waals surface area (Å²) >= 11 is 0. The van der Waals surface area contributed by atoms with Crippen LogP contribution in [0.3, 0.4) is 0 Å². The van der Waals surface area contributed by atoms with Gasteiger partial charge in [-0.1, -0.05) is 19.9 Å². The Morgan fingerprint density at radius 1 is 1.20 bits per heavy atom. The van der Waals surface area contributed by atoms with Crippen LogP contribution in [0.4, 0.5) is 0 Å². The maximum atomic E-state index is 8.64. The molecule has 4 heteroatoms. The molecular formula is C16H24N2O2. The van der Waals surface area contributed by atoms with Crippen LogP contribution < -0.4 is 14.8 Å². The lowest BCUT2D eigenvalue weighted by Crippen LogP contribution is -2.29. The average molecular weight is 276 g/mol. The van der Waals surface area contributed by atoms with Gasteiger partial charge in [0.1, 0.15) is 0 Å². The minimum absolute atomic E-state index is 0.131. The van der Waals surface area contributed by atoms with Crippen LogP contribution in [-0.4, -0.2) is 20.8 Å². The predicted octanol–water partition coefficient (Wildman–Crippen LogP) is 3.12. The van der Waals surface area contributed by atoms with E-state index in [0.717, 1.165) is 36.6 Å². The third-order valence-corrected chi connectivity index (χ3v) is 3.29. The molecule has 0 atom stereocenters. The SMILES string of the molecule is COc1ccc(CNCC(C)(C)CCC#N)cc1OC. The van der Waals surface area contributed by atoms with Gasteiger partial charge in [0, 0.05) is 19.5 Å². The second-order valence-corrected chi connectivity index (χ2v) is 5.62. The van der Waals surface area contributed by atoms with Gasteiger partial charge in [0.2, 0.25) is 0 Å². The summed E-state index contributed by atoms with van der Waals surface area (Å²) in [5.74, 6) is 1.49. The van der Waals surface area contributed by atoms with Gasteiger partial charge in [-0.05, 0) is 29.5 Å². The lowest BCUT2D eigenvalue weighted by molar-refractivity contribution is 0.317. The predicted molar refractivity (Wildman–Crippen MR) is 79.9 cm³/mol. The largest absolute Gasteiger partial charge is 0.493 e. The molecule has 0 saturated carbocycles. The van der Waals surface area contributed by atoms with E-state index in [9.17, 15) is 0 Å². The molecule has 0 saturated heterocycles. The number of nitrogens with one attached hydrogen (secondary N) is 1. The van der Waals surface area contributed by atoms with E-state index >= 15 is 0 Å². The minimum Gasteiger partial charge on any atom is -0.493 e. The van der Waals surface area contributed by atoms with Gasteiger partial charge in [0.25, 0.3) is 0 Å². The van der Waals surface area contributed by atoms with Gasteiger partial charge in [-0.25, -0.2) is 0 Å². The normalized spacial score (nSPS) is 10.9. The van der Waals surface area contributed by atoms with Crippen molar-refractivity contribution in [3.8, 4) is 17.6 Å². The fourth-order valence-electron chi connectivity index (χ4n) is 2.02. The van der Waals surface area contributed by atoms with Crippen LogP contribution in [0.5, 0.6) is 11.5 Å². The summed E-state index contributed by atoms with van der Waals surface area (Å²) in [6.45, 7) is 6.00. The fraction of sp³-hybridized carbons (Fsp3) is 0.562. The number of benzene rings is 1. The molecule has 0 aromatic heterocycles. The first-order chi connectivity index (χ1) is 9.52. The highest BCUT2D eigenvalue weighted by molar-refractivity contribution is 5.42. The molecule has 20 heavy (non-hydrogen) atoms. The zero-order valence-corrected chi connectivity index (χ0v) is 12.8. The topological polar surface area (TPSA) is 54.3 Å². The van der Waals surface area contributed by atoms with Crippen molar-refractivity contribution in [1.29, 1.82) is 5.26 Å². The molecule has 0 spiro atoms. The number of nitriles is 1. The van der Waals surface area contributed by atoms with Crippen LogP contribution in [0.25, 0.3) is 0 Å². The maximum Gasteiger partial charge on any atom is 0.161 e. The van der Waals surface area contributed by atoms with E-state index in [-0.39, 0.29) is 5.41 Å². The quantitative estimate of drug-likeness (QED) is 0.792. The number of rotatable bonds is 8. The summed E-state index contributed by atoms with van der Waals surface area (Å²) in [5.41, 5.74) is 1.28. The number of methoxy groups -OCH3 is 2. The van der Waals surface area contributed by atoms with E-state index < -0.39 is 0 Å². The molecule has 0 heterocycles. The smallest absolute Gasteiger partial charge is 0.161 e. The Morgan fingerprint density at radius 3 is 2.50 bits per heavy atom. The van der Waals surface area contributed by atoms with Crippen LogP contribution in [0, 0.1) is 16.7 Å². The molecule has 0 unspecified atom stereocenters. The number of ether oxygens (including phenoxy) is 2. The van der Waals surface area contributed by atoms with Crippen molar-refractivity contribution in [3.63, 3.8) is 0 Å². The highest BCUT2D eigenvalue weighted by Crippen LogP contribution is 2.27. The molecule has 4 nitrogen and oxygen atoms in total. The van der Waals surface area contributed by atoms with Crippen LogP contribution in [0.15, 0.2) is 18.2 Å². The second kappa shape index (κ2) is 7.76. The maximum absolute atomic E-state index is 8.64. The molecule has 0 aliphatic carbocycles. The van der Waals surface area contributed by atoms with Crippen molar-refractivity contribution in [3.05, 3.63) is 23.8 Å². The van der Waals surface area contributed by atoms with Gasteiger partial charge in [0.15, 0.2) is 11.5 Å². The molecule has 0 aliphatic rings. The second-order valence-electron chi connectivity index (χ2n) is 5.62. The zero-order chi connectivity index (χ0) is 15.0. The fourth-order valence-corrected chi connectivity index (χ4v) is 2.02. The first-order valence-corrected chi connectivity index (χ1v) is 6.81. The van der Waals surface area contributed by atoms with Crippen molar-refractivity contribution in [1.82, 2.24) is 5.32 Å². The average Bonchev–Trinajstić information content (AvgIpc) is 2.44. The Labute approximate surface area is 121 Å². The van der Waals surface area contributed by atoms with E-state index in [1.165, 1.54) is 0 Å². The van der Waals surface area contributed by atoms with Crippen LogP contribution in [0.1, 0.15) is 32.3 Å². The van der Waals surface area contributed by atoms with E-state index in [1.807, 2.05) is 18.2 Å². The molecule has 1 N–H and O–H groups in total. The monoisotopic (exact) mass is 276 g/mol. The third-order valence-electron chi connectivity index (χ3n) is 3.29. The standard InChI is InChI=1S/C16H24N2O2/c1-16(2,8-5-9-17)12-18-11-13-6-7-14(19-3)15(10-13)20-4/h6-7,10,18H,5,8,11-12H2,1-4H3. The first-order valence-electron chi connectivity index (χ1n) is 6.81. The first kappa shape index (κ1) is 16.3. The molecule has 1 rings (SSSR count). The van der Waals surface area contributed by atoms with Crippen molar-refractivity contribution in [2.45, 2.75) is 33.2 Å². The minimum atomic E-state index is 0.131. The summed E-state index contributed by atoms with van der Waals surface area (Å²) in [6, 6.07) is 8.12. The van der Waals surface area contributed by atoms with Crippen molar-refractivity contribution < 1.29 is 9.47 Å². The molecule has 0 radical (unpaired) electrons. The Balaban J connectivity index is 2.52. The molecule has 1 aromatic rings. The van der Waals surface area contributed by atoms with Gasteiger partial charge in [-0.3, -0.25) is 0 Å². The van der Waals surface area contributed by atoms with Crippen LogP contribution in [-0.2, 0) is 6.54 Å². The lowest BCUT2D eigenvalue weighted by Gasteiger charge is -2.24. The lowest BCUT2D eigenvalue weighted by atomic mass is 9.88. The van der Waals surface area contributed by atoms with Gasteiger partial charge in [-0.2, -0.15) is 5.26 Å². The molecule has 110 valence electrons. The number of hydrogen-bond acceptors (Lipinski definition) is 4. The summed E-state index contributed by atoms with van der Waals surface area (Å²) in [6.07, 6.45) is 1.51. The van der Waals surface area contributed by atoms with Gasteiger partial charge < -0.3 is 14.8 Å². The third kappa shape index (κ3) is 5.10. The zero-order valence-electron chi connectivity index (χ0n) is 12.8. The van der Waals surface area contributed by atoms with Crippen LogP contribution >= 0.6 is 0 Å². The number of hydrogen-bond donors (Lipinski definition) is 1. The van der Waals surface area contributed by atoms with Crippen molar-refractivity contribution >= 4 is 0 Å². The summed E-state index contributed by atoms with van der Waals surface area (Å²) < 4.78 is 10.5. The van der Waals surface area contributed by atoms with Gasteiger partial charge in [0.05, 0.1) is 20.3 Å². The van der Waals surface area contributed by atoms with Crippen molar-refractivity contribution in [2.75, 3.05) is 20.8 Å². The van der Waals surface area contributed by atoms with E-state index in [4.69, 9.17) is 14.7 Å². The Bertz CT molecular complexity index is 464. The highest BCUT2D eigenvalue weighted by atomic mass is 16.5. The molecule has 0 bridgehead atoms. The molecule has 0 aliphatic heterocycles. The molecule has 0 amide bonds. The highest BCUT2D eigenvalue weighted by Gasteiger charge is 2.16. The Kier molecular flexibility index (Phi) is 6.33. The molecule has 0 fully saturated rings. The van der Waals surface area contributed by atoms with E-state index in [1.54, 1.807) is 14.2 Å². The molecule has 1 aromatic carbocycles. The molecular weight excluding hydrogens is 252 g/mol. The van der Waals surface area contributed by atoms with Gasteiger partial charge in [-0.15, -0.1) is 0 Å². The number of nitrogens with zero attached hydrogens (tertiary/aromatic N) is 1.